The highest BCUT2D eigenvalue weighted by Gasteiger charge is 2.20. The lowest BCUT2D eigenvalue weighted by atomic mass is 10.1. The summed E-state index contributed by atoms with van der Waals surface area (Å²) < 4.78 is 19.2. The molecule has 3 rings (SSSR count). The van der Waals surface area contributed by atoms with Crippen LogP contribution in [0.1, 0.15) is 29.8 Å². The summed E-state index contributed by atoms with van der Waals surface area (Å²) in [6.45, 7) is 5.15. The molecule has 1 aliphatic heterocycles. The Morgan fingerprint density at radius 3 is 2.83 bits per heavy atom. The molecule has 2 heterocycles. The minimum absolute atomic E-state index is 0.187. The Balaban J connectivity index is 1.72. The molecular formula is C19H23FN2O. The average molecular weight is 314 g/mol. The molecule has 0 unspecified atom stereocenters. The number of halogens is 1. The number of rotatable bonds is 6. The molecule has 0 radical (unpaired) electrons. The lowest BCUT2D eigenvalue weighted by Crippen LogP contribution is -2.31. The van der Waals surface area contributed by atoms with Gasteiger partial charge in [0.2, 0.25) is 0 Å². The van der Waals surface area contributed by atoms with Crippen molar-refractivity contribution in [2.24, 2.45) is 0 Å². The molecule has 0 bridgehead atoms. The molecule has 0 spiro atoms. The van der Waals surface area contributed by atoms with Crippen LogP contribution in [0.5, 0.6) is 0 Å². The van der Waals surface area contributed by atoms with Gasteiger partial charge in [0.25, 0.3) is 0 Å². The van der Waals surface area contributed by atoms with Crippen LogP contribution in [0.4, 0.5) is 4.39 Å². The predicted molar refractivity (Wildman–Crippen MR) is 88.5 cm³/mol. The molecule has 122 valence electrons. The van der Waals surface area contributed by atoms with E-state index in [-0.39, 0.29) is 11.9 Å². The number of benzene rings is 1. The van der Waals surface area contributed by atoms with Gasteiger partial charge < -0.3 is 4.74 Å². The van der Waals surface area contributed by atoms with Gasteiger partial charge in [-0.15, -0.1) is 0 Å². The maximum Gasteiger partial charge on any atom is 0.123 e. The normalized spacial score (nSPS) is 17.8. The van der Waals surface area contributed by atoms with E-state index in [0.29, 0.717) is 6.54 Å². The quantitative estimate of drug-likeness (QED) is 0.813. The molecular weight excluding hydrogens is 291 g/mol. The first-order chi connectivity index (χ1) is 11.2. The van der Waals surface area contributed by atoms with E-state index in [2.05, 4.69) is 9.88 Å². The van der Waals surface area contributed by atoms with Crippen LogP contribution >= 0.6 is 0 Å². The van der Waals surface area contributed by atoms with Crippen molar-refractivity contribution in [2.45, 2.75) is 39.0 Å². The Kier molecular flexibility index (Phi) is 5.36. The Morgan fingerprint density at radius 1 is 1.22 bits per heavy atom. The molecule has 0 N–H and O–H groups in total. The minimum Gasteiger partial charge on any atom is -0.377 e. The van der Waals surface area contributed by atoms with Crippen LogP contribution in [0.25, 0.3) is 0 Å². The van der Waals surface area contributed by atoms with E-state index in [0.717, 1.165) is 49.5 Å². The zero-order chi connectivity index (χ0) is 16.1. The first-order valence-corrected chi connectivity index (χ1v) is 8.20. The van der Waals surface area contributed by atoms with E-state index in [9.17, 15) is 4.39 Å². The summed E-state index contributed by atoms with van der Waals surface area (Å²) in [5.74, 6) is -0.187. The van der Waals surface area contributed by atoms with Gasteiger partial charge in [0.05, 0.1) is 11.8 Å². The van der Waals surface area contributed by atoms with E-state index >= 15 is 0 Å². The molecule has 0 amide bonds. The van der Waals surface area contributed by atoms with Crippen LogP contribution in [-0.2, 0) is 17.8 Å². The molecule has 1 atom stereocenters. The fraction of sp³-hybridized carbons (Fsp3) is 0.421. The maximum absolute atomic E-state index is 13.4. The van der Waals surface area contributed by atoms with Gasteiger partial charge in [-0.1, -0.05) is 18.2 Å². The second-order valence-electron chi connectivity index (χ2n) is 6.20. The minimum atomic E-state index is -0.187. The summed E-state index contributed by atoms with van der Waals surface area (Å²) in [6, 6.07) is 12.9. The number of hydrogen-bond donors (Lipinski definition) is 0. The molecule has 1 aromatic heterocycles. The summed E-state index contributed by atoms with van der Waals surface area (Å²) in [5, 5.41) is 0. The third-order valence-corrected chi connectivity index (χ3v) is 4.11. The van der Waals surface area contributed by atoms with Crippen molar-refractivity contribution < 1.29 is 9.13 Å². The van der Waals surface area contributed by atoms with Crippen molar-refractivity contribution in [3.63, 3.8) is 0 Å². The fourth-order valence-corrected chi connectivity index (χ4v) is 3.07. The fourth-order valence-electron chi connectivity index (χ4n) is 3.07. The topological polar surface area (TPSA) is 25.4 Å². The van der Waals surface area contributed by atoms with Crippen LogP contribution in [0.3, 0.4) is 0 Å². The zero-order valence-corrected chi connectivity index (χ0v) is 13.5. The Bertz CT molecular complexity index is 593. The van der Waals surface area contributed by atoms with Gasteiger partial charge in [-0.3, -0.25) is 9.88 Å². The average Bonchev–Trinajstić information content (AvgIpc) is 3.00. The lowest BCUT2D eigenvalue weighted by Gasteiger charge is -2.25. The SMILES string of the molecule is Cc1cccc(CN(Cc2cccc(F)c2)C[C@@H]2CCCO2)n1. The summed E-state index contributed by atoms with van der Waals surface area (Å²) in [7, 11) is 0. The molecule has 4 heteroatoms. The van der Waals surface area contributed by atoms with Crippen molar-refractivity contribution in [3.8, 4) is 0 Å². The number of pyridine rings is 1. The van der Waals surface area contributed by atoms with Gasteiger partial charge in [-0.05, 0) is 49.6 Å². The third-order valence-electron chi connectivity index (χ3n) is 4.11. The molecule has 0 saturated carbocycles. The highest BCUT2D eigenvalue weighted by atomic mass is 19.1. The molecule has 1 aliphatic rings. The van der Waals surface area contributed by atoms with Crippen LogP contribution in [0.15, 0.2) is 42.5 Å². The molecule has 0 aliphatic carbocycles. The Labute approximate surface area is 137 Å². The summed E-state index contributed by atoms with van der Waals surface area (Å²) in [6.07, 6.45) is 2.50. The largest absolute Gasteiger partial charge is 0.377 e. The molecule has 1 fully saturated rings. The summed E-state index contributed by atoms with van der Waals surface area (Å²) in [5.41, 5.74) is 3.04. The van der Waals surface area contributed by atoms with E-state index in [4.69, 9.17) is 4.74 Å². The summed E-state index contributed by atoms with van der Waals surface area (Å²) >= 11 is 0. The molecule has 23 heavy (non-hydrogen) atoms. The van der Waals surface area contributed by atoms with Crippen molar-refractivity contribution in [3.05, 3.63) is 65.2 Å². The van der Waals surface area contributed by atoms with Gasteiger partial charge in [0.1, 0.15) is 5.82 Å². The van der Waals surface area contributed by atoms with Gasteiger partial charge in [-0.2, -0.15) is 0 Å². The Morgan fingerprint density at radius 2 is 2.09 bits per heavy atom. The number of nitrogens with zero attached hydrogens (tertiary/aromatic N) is 2. The van der Waals surface area contributed by atoms with Crippen molar-refractivity contribution in [1.29, 1.82) is 0 Å². The van der Waals surface area contributed by atoms with Crippen LogP contribution in [0.2, 0.25) is 0 Å². The van der Waals surface area contributed by atoms with Crippen molar-refractivity contribution in [1.82, 2.24) is 9.88 Å². The first kappa shape index (κ1) is 16.1. The van der Waals surface area contributed by atoms with E-state index in [1.165, 1.54) is 6.07 Å². The monoisotopic (exact) mass is 314 g/mol. The predicted octanol–water partition coefficient (Wildman–Crippen LogP) is 3.71. The highest BCUT2D eigenvalue weighted by molar-refractivity contribution is 5.17. The zero-order valence-electron chi connectivity index (χ0n) is 13.5. The van der Waals surface area contributed by atoms with Gasteiger partial charge in [-0.25, -0.2) is 4.39 Å². The van der Waals surface area contributed by atoms with Crippen LogP contribution < -0.4 is 0 Å². The highest BCUT2D eigenvalue weighted by Crippen LogP contribution is 2.17. The van der Waals surface area contributed by atoms with Gasteiger partial charge >= 0.3 is 0 Å². The van der Waals surface area contributed by atoms with Crippen molar-refractivity contribution in [2.75, 3.05) is 13.2 Å². The lowest BCUT2D eigenvalue weighted by molar-refractivity contribution is 0.0674. The summed E-state index contributed by atoms with van der Waals surface area (Å²) in [4.78, 5) is 6.89. The second-order valence-corrected chi connectivity index (χ2v) is 6.20. The van der Waals surface area contributed by atoms with Crippen LogP contribution in [-0.4, -0.2) is 29.1 Å². The molecule has 2 aromatic rings. The molecule has 1 saturated heterocycles. The molecule has 3 nitrogen and oxygen atoms in total. The standard InChI is InChI=1S/C19H23FN2O/c1-15-5-2-8-18(21-15)13-22(14-19-9-4-10-23-19)12-16-6-3-7-17(20)11-16/h2-3,5-8,11,19H,4,9-10,12-14H2,1H3/t19-/m0/s1. The van der Waals surface area contributed by atoms with Crippen LogP contribution in [0, 0.1) is 12.7 Å². The first-order valence-electron chi connectivity index (χ1n) is 8.20. The van der Waals surface area contributed by atoms with E-state index < -0.39 is 0 Å². The number of hydrogen-bond acceptors (Lipinski definition) is 3. The number of aromatic nitrogens is 1. The maximum atomic E-state index is 13.4. The molecule has 1 aromatic carbocycles. The Hall–Kier alpha value is -1.78. The number of ether oxygens (including phenoxy) is 1. The van der Waals surface area contributed by atoms with E-state index in [1.807, 2.05) is 31.2 Å². The van der Waals surface area contributed by atoms with Crippen molar-refractivity contribution >= 4 is 0 Å². The van der Waals surface area contributed by atoms with Gasteiger partial charge in [0, 0.05) is 31.9 Å². The number of aryl methyl sites for hydroxylation is 1. The van der Waals surface area contributed by atoms with Gasteiger partial charge in [0.15, 0.2) is 0 Å². The smallest absolute Gasteiger partial charge is 0.123 e. The van der Waals surface area contributed by atoms with E-state index in [1.54, 1.807) is 12.1 Å². The second kappa shape index (κ2) is 7.66. The third kappa shape index (κ3) is 4.85.